The van der Waals surface area contributed by atoms with Gasteiger partial charge < -0.3 is 11.5 Å². The second-order valence-electron chi connectivity index (χ2n) is 10.1. The molecule has 8 rings (SSSR count). The normalized spacial score (nSPS) is 11.2. The van der Waals surface area contributed by atoms with Gasteiger partial charge in [0.15, 0.2) is 0 Å². The second kappa shape index (κ2) is 9.76. The molecule has 8 aromatic rings. The van der Waals surface area contributed by atoms with E-state index >= 15 is 0 Å². The average molecular weight is 513 g/mol. The fourth-order valence-corrected chi connectivity index (χ4v) is 6.00. The molecule has 0 aliphatic carbocycles. The van der Waals surface area contributed by atoms with Crippen molar-refractivity contribution in [3.8, 4) is 11.1 Å². The SMILES string of the molecule is Nc1c2ccccc2c(-c2c3ccccc3c(N)c3ccccc23)c2ccccc12.c1ccc2ccccc2c1. The summed E-state index contributed by atoms with van der Waals surface area (Å²) in [4.78, 5) is 0. The summed E-state index contributed by atoms with van der Waals surface area (Å²) in [7, 11) is 0. The van der Waals surface area contributed by atoms with E-state index in [0.29, 0.717) is 0 Å². The van der Waals surface area contributed by atoms with E-state index in [0.717, 1.165) is 54.5 Å². The molecular formula is C38H28N2. The maximum atomic E-state index is 6.63. The van der Waals surface area contributed by atoms with Gasteiger partial charge in [0.25, 0.3) is 0 Å². The van der Waals surface area contributed by atoms with Gasteiger partial charge in [0, 0.05) is 32.9 Å². The molecule has 0 amide bonds. The van der Waals surface area contributed by atoms with Crippen LogP contribution in [-0.4, -0.2) is 0 Å². The third-order valence-corrected chi connectivity index (χ3v) is 7.85. The summed E-state index contributed by atoms with van der Waals surface area (Å²) in [5, 5.41) is 11.6. The first-order valence-electron chi connectivity index (χ1n) is 13.5. The summed E-state index contributed by atoms with van der Waals surface area (Å²) in [6, 6.07) is 50.4. The van der Waals surface area contributed by atoms with E-state index < -0.39 is 0 Å². The molecule has 2 heteroatoms. The highest BCUT2D eigenvalue weighted by atomic mass is 14.6. The molecule has 0 aliphatic rings. The van der Waals surface area contributed by atoms with Crippen LogP contribution in [-0.2, 0) is 0 Å². The minimum absolute atomic E-state index is 0.828. The Labute approximate surface area is 233 Å². The van der Waals surface area contributed by atoms with E-state index in [1.807, 2.05) is 0 Å². The monoisotopic (exact) mass is 512 g/mol. The molecule has 0 atom stereocenters. The predicted octanol–water partition coefficient (Wildman–Crippen LogP) is 9.97. The summed E-state index contributed by atoms with van der Waals surface area (Å²) in [6.07, 6.45) is 0. The molecular weight excluding hydrogens is 484 g/mol. The topological polar surface area (TPSA) is 52.0 Å². The van der Waals surface area contributed by atoms with Gasteiger partial charge in [-0.1, -0.05) is 146 Å². The Morgan fingerprint density at radius 1 is 0.250 bits per heavy atom. The van der Waals surface area contributed by atoms with E-state index in [1.54, 1.807) is 0 Å². The number of rotatable bonds is 1. The van der Waals surface area contributed by atoms with E-state index in [1.165, 1.54) is 21.9 Å². The number of nitrogens with two attached hydrogens (primary N) is 2. The summed E-state index contributed by atoms with van der Waals surface area (Å²) < 4.78 is 0. The smallest absolute Gasteiger partial charge is 0.0473 e. The zero-order valence-electron chi connectivity index (χ0n) is 22.0. The summed E-state index contributed by atoms with van der Waals surface area (Å²) >= 11 is 0. The lowest BCUT2D eigenvalue weighted by atomic mass is 9.85. The Morgan fingerprint density at radius 2 is 0.450 bits per heavy atom. The lowest BCUT2D eigenvalue weighted by molar-refractivity contribution is 1.71. The standard InChI is InChI=1S/C28H20N2.C10H8/c29-27-21-13-5-1-9-17(21)25(18-10-2-6-14-22(18)27)26-19-11-3-7-15-23(19)28(30)24-16-8-4-12-20(24)26;1-2-6-10-8-4-3-7-9(10)5-1/h1-16H,29-30H2;1-8H. The minimum atomic E-state index is 0.828. The molecule has 2 nitrogen and oxygen atoms in total. The molecule has 0 aliphatic heterocycles. The van der Waals surface area contributed by atoms with E-state index in [9.17, 15) is 0 Å². The average Bonchev–Trinajstić information content (AvgIpc) is 3.03. The predicted molar refractivity (Wildman–Crippen MR) is 175 cm³/mol. The van der Waals surface area contributed by atoms with Crippen LogP contribution in [0, 0.1) is 0 Å². The molecule has 0 unspecified atom stereocenters. The molecule has 0 aromatic heterocycles. The van der Waals surface area contributed by atoms with Crippen molar-refractivity contribution in [2.75, 3.05) is 11.5 Å². The molecule has 0 spiro atoms. The van der Waals surface area contributed by atoms with Crippen LogP contribution >= 0.6 is 0 Å². The highest BCUT2D eigenvalue weighted by Crippen LogP contribution is 2.47. The van der Waals surface area contributed by atoms with Crippen LogP contribution in [0.15, 0.2) is 146 Å². The van der Waals surface area contributed by atoms with Crippen LogP contribution in [0.25, 0.3) is 65.0 Å². The van der Waals surface area contributed by atoms with Crippen molar-refractivity contribution in [2.45, 2.75) is 0 Å². The van der Waals surface area contributed by atoms with Gasteiger partial charge in [0.1, 0.15) is 0 Å². The zero-order valence-corrected chi connectivity index (χ0v) is 22.0. The molecule has 40 heavy (non-hydrogen) atoms. The Kier molecular flexibility index (Phi) is 5.79. The molecule has 0 heterocycles. The first-order valence-corrected chi connectivity index (χ1v) is 13.5. The molecule has 0 saturated carbocycles. The van der Waals surface area contributed by atoms with Crippen molar-refractivity contribution >= 4 is 65.2 Å². The second-order valence-corrected chi connectivity index (χ2v) is 10.1. The van der Waals surface area contributed by atoms with E-state index in [4.69, 9.17) is 11.5 Å². The molecule has 0 bridgehead atoms. The largest absolute Gasteiger partial charge is 0.398 e. The van der Waals surface area contributed by atoms with Gasteiger partial charge in [0.2, 0.25) is 0 Å². The third kappa shape index (κ3) is 3.81. The lowest BCUT2D eigenvalue weighted by Crippen LogP contribution is -1.96. The molecule has 0 radical (unpaired) electrons. The molecule has 0 saturated heterocycles. The quantitative estimate of drug-likeness (QED) is 0.170. The number of hydrogen-bond acceptors (Lipinski definition) is 2. The minimum Gasteiger partial charge on any atom is -0.398 e. The van der Waals surface area contributed by atoms with Crippen molar-refractivity contribution in [1.82, 2.24) is 0 Å². The Balaban J connectivity index is 0.000000222. The Bertz CT molecular complexity index is 1890. The van der Waals surface area contributed by atoms with Crippen molar-refractivity contribution in [3.05, 3.63) is 146 Å². The summed E-state index contributed by atoms with van der Waals surface area (Å²) in [5.74, 6) is 0. The summed E-state index contributed by atoms with van der Waals surface area (Å²) in [6.45, 7) is 0. The maximum Gasteiger partial charge on any atom is 0.0473 e. The first kappa shape index (κ1) is 23.8. The van der Waals surface area contributed by atoms with Crippen LogP contribution in [0.4, 0.5) is 11.4 Å². The number of hydrogen-bond donors (Lipinski definition) is 2. The number of fused-ring (bicyclic) bond motifs is 5. The first-order chi connectivity index (χ1) is 19.7. The van der Waals surface area contributed by atoms with Crippen molar-refractivity contribution in [3.63, 3.8) is 0 Å². The fraction of sp³-hybridized carbons (Fsp3) is 0. The van der Waals surface area contributed by atoms with Gasteiger partial charge in [-0.25, -0.2) is 0 Å². The van der Waals surface area contributed by atoms with Crippen LogP contribution in [0.1, 0.15) is 0 Å². The lowest BCUT2D eigenvalue weighted by Gasteiger charge is -2.19. The number of anilines is 2. The fourth-order valence-electron chi connectivity index (χ4n) is 6.00. The van der Waals surface area contributed by atoms with Crippen molar-refractivity contribution < 1.29 is 0 Å². The van der Waals surface area contributed by atoms with Crippen molar-refractivity contribution in [2.24, 2.45) is 0 Å². The van der Waals surface area contributed by atoms with E-state index in [-0.39, 0.29) is 0 Å². The van der Waals surface area contributed by atoms with Crippen LogP contribution < -0.4 is 11.5 Å². The van der Waals surface area contributed by atoms with Gasteiger partial charge in [-0.05, 0) is 43.4 Å². The zero-order chi connectivity index (χ0) is 27.1. The van der Waals surface area contributed by atoms with Gasteiger partial charge in [-0.15, -0.1) is 0 Å². The molecule has 190 valence electrons. The van der Waals surface area contributed by atoms with Crippen molar-refractivity contribution in [1.29, 1.82) is 0 Å². The summed E-state index contributed by atoms with van der Waals surface area (Å²) in [5.41, 5.74) is 17.3. The third-order valence-electron chi connectivity index (χ3n) is 7.85. The van der Waals surface area contributed by atoms with Crippen LogP contribution in [0.3, 0.4) is 0 Å². The van der Waals surface area contributed by atoms with Gasteiger partial charge in [-0.3, -0.25) is 0 Å². The maximum absolute atomic E-state index is 6.63. The van der Waals surface area contributed by atoms with E-state index in [2.05, 4.69) is 146 Å². The Hall–Kier alpha value is -5.34. The highest BCUT2D eigenvalue weighted by molar-refractivity contribution is 6.28. The van der Waals surface area contributed by atoms with Gasteiger partial charge in [0.05, 0.1) is 0 Å². The molecule has 8 aromatic carbocycles. The van der Waals surface area contributed by atoms with Gasteiger partial charge in [-0.2, -0.15) is 0 Å². The van der Waals surface area contributed by atoms with Crippen LogP contribution in [0.2, 0.25) is 0 Å². The molecule has 0 fully saturated rings. The number of nitrogen functional groups attached to an aromatic ring is 2. The van der Waals surface area contributed by atoms with Crippen LogP contribution in [0.5, 0.6) is 0 Å². The number of benzene rings is 8. The Morgan fingerprint density at radius 3 is 0.700 bits per heavy atom. The molecule has 4 N–H and O–H groups in total. The highest BCUT2D eigenvalue weighted by Gasteiger charge is 2.19. The van der Waals surface area contributed by atoms with Gasteiger partial charge >= 0.3 is 0 Å².